The van der Waals surface area contributed by atoms with Crippen LogP contribution in [0.2, 0.25) is 0 Å². The Labute approximate surface area is 117 Å². The van der Waals surface area contributed by atoms with E-state index in [9.17, 15) is 4.39 Å². The smallest absolute Gasteiger partial charge is 0.123 e. The Hall–Kier alpha value is -1.23. The molecule has 0 fully saturated rings. The van der Waals surface area contributed by atoms with Gasteiger partial charge >= 0.3 is 0 Å². The summed E-state index contributed by atoms with van der Waals surface area (Å²) in [6.07, 6.45) is 0.787. The Morgan fingerprint density at radius 1 is 1.26 bits per heavy atom. The Morgan fingerprint density at radius 3 is 2.58 bits per heavy atom. The molecule has 3 N–H and O–H groups in total. The van der Waals surface area contributed by atoms with Gasteiger partial charge in [0.25, 0.3) is 0 Å². The molecule has 0 aliphatic heterocycles. The lowest BCUT2D eigenvalue weighted by atomic mass is 9.93. The van der Waals surface area contributed by atoms with Crippen LogP contribution < -0.4 is 11.1 Å². The van der Waals surface area contributed by atoms with Gasteiger partial charge < -0.3 is 11.1 Å². The Balaban J connectivity index is 1.98. The molecule has 1 aromatic heterocycles. The molecule has 19 heavy (non-hydrogen) atoms. The minimum atomic E-state index is -0.204. The minimum absolute atomic E-state index is 0.179. The molecule has 0 amide bonds. The van der Waals surface area contributed by atoms with Crippen LogP contribution in [0.25, 0.3) is 0 Å². The monoisotopic (exact) mass is 278 g/mol. The van der Waals surface area contributed by atoms with Crippen molar-refractivity contribution in [2.75, 3.05) is 6.54 Å². The molecule has 0 radical (unpaired) electrons. The summed E-state index contributed by atoms with van der Waals surface area (Å²) in [6.45, 7) is 3.45. The predicted molar refractivity (Wildman–Crippen MR) is 78.7 cm³/mol. The molecule has 1 heterocycles. The Bertz CT molecular complexity index is 495. The first-order chi connectivity index (χ1) is 9.11. The highest BCUT2D eigenvalue weighted by molar-refractivity contribution is 7.09. The van der Waals surface area contributed by atoms with E-state index >= 15 is 0 Å². The van der Waals surface area contributed by atoms with Crippen LogP contribution in [0.1, 0.15) is 17.4 Å². The van der Waals surface area contributed by atoms with Gasteiger partial charge in [0.1, 0.15) is 5.82 Å². The summed E-state index contributed by atoms with van der Waals surface area (Å²) >= 11 is 1.73. The zero-order valence-corrected chi connectivity index (χ0v) is 11.8. The summed E-state index contributed by atoms with van der Waals surface area (Å²) in [4.78, 5) is 1.29. The van der Waals surface area contributed by atoms with Crippen molar-refractivity contribution in [2.45, 2.75) is 25.4 Å². The number of rotatable bonds is 6. The van der Waals surface area contributed by atoms with Gasteiger partial charge in [-0.1, -0.05) is 18.2 Å². The van der Waals surface area contributed by atoms with E-state index in [0.717, 1.165) is 18.5 Å². The number of nitrogens with one attached hydrogen (secondary N) is 1. The average molecular weight is 278 g/mol. The van der Waals surface area contributed by atoms with E-state index in [2.05, 4.69) is 23.7 Å². The minimum Gasteiger partial charge on any atom is -0.329 e. The first-order valence-electron chi connectivity index (χ1n) is 6.33. The summed E-state index contributed by atoms with van der Waals surface area (Å²) < 4.78 is 12.9. The van der Waals surface area contributed by atoms with E-state index in [0.29, 0.717) is 6.54 Å². The van der Waals surface area contributed by atoms with Crippen molar-refractivity contribution < 1.29 is 4.39 Å². The molecule has 0 saturated heterocycles. The SMILES string of the molecule is CC(CN)(Cc1ccc(F)cc1)NCc1cccs1. The highest BCUT2D eigenvalue weighted by atomic mass is 32.1. The van der Waals surface area contributed by atoms with Crippen LogP contribution in [0.15, 0.2) is 41.8 Å². The molecule has 102 valence electrons. The first-order valence-corrected chi connectivity index (χ1v) is 7.21. The van der Waals surface area contributed by atoms with E-state index in [1.165, 1.54) is 17.0 Å². The molecule has 2 aromatic rings. The van der Waals surface area contributed by atoms with Crippen molar-refractivity contribution in [3.63, 3.8) is 0 Å². The van der Waals surface area contributed by atoms with Crippen molar-refractivity contribution in [3.05, 3.63) is 58.0 Å². The Morgan fingerprint density at radius 2 is 2.00 bits per heavy atom. The van der Waals surface area contributed by atoms with Crippen molar-refractivity contribution in [1.29, 1.82) is 0 Å². The molecule has 0 spiro atoms. The first kappa shape index (κ1) is 14.2. The third-order valence-corrected chi connectivity index (χ3v) is 4.10. The lowest BCUT2D eigenvalue weighted by molar-refractivity contribution is 0.360. The van der Waals surface area contributed by atoms with Crippen LogP contribution in [-0.2, 0) is 13.0 Å². The third kappa shape index (κ3) is 4.13. The molecule has 0 aliphatic rings. The maximum absolute atomic E-state index is 12.9. The largest absolute Gasteiger partial charge is 0.329 e. The zero-order valence-electron chi connectivity index (χ0n) is 11.0. The van der Waals surface area contributed by atoms with E-state index in [1.807, 2.05) is 18.2 Å². The molecule has 1 atom stereocenters. The Kier molecular flexibility index (Phi) is 4.69. The van der Waals surface area contributed by atoms with Crippen LogP contribution in [0.5, 0.6) is 0 Å². The highest BCUT2D eigenvalue weighted by Gasteiger charge is 2.22. The summed E-state index contributed by atoms with van der Waals surface area (Å²) in [6, 6.07) is 10.8. The van der Waals surface area contributed by atoms with E-state index < -0.39 is 0 Å². The molecule has 4 heteroatoms. The van der Waals surface area contributed by atoms with Crippen LogP contribution in [0.3, 0.4) is 0 Å². The summed E-state index contributed by atoms with van der Waals surface area (Å²) in [7, 11) is 0. The van der Waals surface area contributed by atoms with Crippen molar-refractivity contribution in [2.24, 2.45) is 5.73 Å². The molecular weight excluding hydrogens is 259 g/mol. The quantitative estimate of drug-likeness (QED) is 0.852. The summed E-state index contributed by atoms with van der Waals surface area (Å²) in [5.74, 6) is -0.204. The van der Waals surface area contributed by atoms with Gasteiger partial charge in [0.2, 0.25) is 0 Å². The molecule has 0 saturated carbocycles. The van der Waals surface area contributed by atoms with Gasteiger partial charge in [-0.15, -0.1) is 11.3 Å². The fourth-order valence-electron chi connectivity index (χ4n) is 1.97. The van der Waals surface area contributed by atoms with Crippen molar-refractivity contribution >= 4 is 11.3 Å². The number of thiophene rings is 1. The van der Waals surface area contributed by atoms with Crippen LogP contribution in [-0.4, -0.2) is 12.1 Å². The normalized spacial score (nSPS) is 14.3. The lowest BCUT2D eigenvalue weighted by Gasteiger charge is -2.29. The molecule has 2 nitrogen and oxygen atoms in total. The second-order valence-electron chi connectivity index (χ2n) is 5.00. The average Bonchev–Trinajstić information content (AvgIpc) is 2.93. The van der Waals surface area contributed by atoms with Gasteiger partial charge in [-0.25, -0.2) is 4.39 Å². The van der Waals surface area contributed by atoms with Gasteiger partial charge in [0.05, 0.1) is 0 Å². The topological polar surface area (TPSA) is 38.0 Å². The molecule has 2 rings (SSSR count). The van der Waals surface area contributed by atoms with Gasteiger partial charge in [0.15, 0.2) is 0 Å². The second kappa shape index (κ2) is 6.28. The standard InChI is InChI=1S/C15H19FN2S/c1-15(11-17,18-10-14-3-2-8-19-14)9-12-4-6-13(16)7-5-12/h2-8,18H,9-11,17H2,1H3. The number of hydrogen-bond acceptors (Lipinski definition) is 3. The van der Waals surface area contributed by atoms with Crippen LogP contribution >= 0.6 is 11.3 Å². The van der Waals surface area contributed by atoms with Gasteiger partial charge in [-0.3, -0.25) is 0 Å². The van der Waals surface area contributed by atoms with E-state index in [4.69, 9.17) is 5.73 Å². The van der Waals surface area contributed by atoms with Crippen LogP contribution in [0, 0.1) is 5.82 Å². The number of benzene rings is 1. The molecule has 1 aromatic carbocycles. The number of nitrogens with two attached hydrogens (primary N) is 1. The van der Waals surface area contributed by atoms with Gasteiger partial charge in [-0.05, 0) is 42.5 Å². The van der Waals surface area contributed by atoms with Crippen LogP contribution in [0.4, 0.5) is 4.39 Å². The van der Waals surface area contributed by atoms with Crippen molar-refractivity contribution in [1.82, 2.24) is 5.32 Å². The summed E-state index contributed by atoms with van der Waals surface area (Å²) in [5, 5.41) is 5.57. The molecule has 1 unspecified atom stereocenters. The molecule has 0 aliphatic carbocycles. The number of hydrogen-bond donors (Lipinski definition) is 2. The van der Waals surface area contributed by atoms with Gasteiger partial charge in [-0.2, -0.15) is 0 Å². The fourth-order valence-corrected chi connectivity index (χ4v) is 2.62. The zero-order chi connectivity index (χ0) is 13.7. The highest BCUT2D eigenvalue weighted by Crippen LogP contribution is 2.15. The lowest BCUT2D eigenvalue weighted by Crippen LogP contribution is -2.49. The molecule has 0 bridgehead atoms. The number of halogens is 1. The maximum atomic E-state index is 12.9. The van der Waals surface area contributed by atoms with Crippen molar-refractivity contribution in [3.8, 4) is 0 Å². The van der Waals surface area contributed by atoms with E-state index in [1.54, 1.807) is 11.3 Å². The third-order valence-electron chi connectivity index (χ3n) is 3.23. The fraction of sp³-hybridized carbons (Fsp3) is 0.333. The summed E-state index contributed by atoms with van der Waals surface area (Å²) in [5.41, 5.74) is 6.80. The second-order valence-corrected chi connectivity index (χ2v) is 6.03. The van der Waals surface area contributed by atoms with Gasteiger partial charge in [0, 0.05) is 23.5 Å². The predicted octanol–water partition coefficient (Wildman–Crippen LogP) is 2.94. The van der Waals surface area contributed by atoms with E-state index in [-0.39, 0.29) is 11.4 Å². The molecular formula is C15H19FN2S. The maximum Gasteiger partial charge on any atom is 0.123 e.